The predicted octanol–water partition coefficient (Wildman–Crippen LogP) is 9.71. The van der Waals surface area contributed by atoms with Crippen LogP contribution in [0.5, 0.6) is 0 Å². The van der Waals surface area contributed by atoms with Crippen LogP contribution in [0.3, 0.4) is 0 Å². The van der Waals surface area contributed by atoms with Crippen LogP contribution in [0.2, 0.25) is 0 Å². The van der Waals surface area contributed by atoms with Crippen molar-refractivity contribution in [1.29, 1.82) is 0 Å². The third kappa shape index (κ3) is 20.1. The van der Waals surface area contributed by atoms with Crippen molar-refractivity contribution >= 4 is 0 Å². The summed E-state index contributed by atoms with van der Waals surface area (Å²) in [5, 5.41) is 0. The number of hydrogen-bond acceptors (Lipinski definition) is 0. The molecule has 0 fully saturated rings. The summed E-state index contributed by atoms with van der Waals surface area (Å²) in [5.41, 5.74) is 0. The molecule has 0 aromatic rings. The fraction of sp³-hybridized carbons (Fsp3) is 0.926. The fourth-order valence-corrected chi connectivity index (χ4v) is 3.96. The second kappa shape index (κ2) is 21.9. The summed E-state index contributed by atoms with van der Waals surface area (Å²) < 4.78 is 0. The molecule has 0 nitrogen and oxygen atoms in total. The van der Waals surface area contributed by atoms with Crippen molar-refractivity contribution in [3.05, 3.63) is 0 Å². The van der Waals surface area contributed by atoms with Gasteiger partial charge in [0.25, 0.3) is 0 Å². The molecule has 0 aromatic carbocycles. The quantitative estimate of drug-likeness (QED) is 0.155. The van der Waals surface area contributed by atoms with Gasteiger partial charge in [0.1, 0.15) is 0 Å². The molecule has 160 valence electrons. The van der Waals surface area contributed by atoms with E-state index in [4.69, 9.17) is 0 Å². The zero-order chi connectivity index (χ0) is 20.0. The van der Waals surface area contributed by atoms with Gasteiger partial charge in [0.05, 0.1) is 0 Å². The smallest absolute Gasteiger partial charge is 0.00887 e. The lowest BCUT2D eigenvalue weighted by atomic mass is 9.89. The molecule has 0 N–H and O–H groups in total. The third-order valence-corrected chi connectivity index (χ3v) is 6.14. The van der Waals surface area contributed by atoms with Crippen molar-refractivity contribution in [2.45, 2.75) is 150 Å². The maximum absolute atomic E-state index is 3.40. The lowest BCUT2D eigenvalue weighted by molar-refractivity contribution is 0.355. The highest BCUT2D eigenvalue weighted by Gasteiger charge is 2.09. The monoisotopic (exact) mass is 376 g/mol. The van der Waals surface area contributed by atoms with Crippen LogP contribution in [-0.2, 0) is 0 Å². The molecule has 0 rings (SSSR count). The Bertz CT molecular complexity index is 332. The van der Waals surface area contributed by atoms with Gasteiger partial charge in [-0.2, -0.15) is 0 Å². The topological polar surface area (TPSA) is 0 Å². The summed E-state index contributed by atoms with van der Waals surface area (Å²) in [6.07, 6.45) is 26.1. The molecular weight excluding hydrogens is 324 g/mol. The van der Waals surface area contributed by atoms with E-state index in [0.29, 0.717) is 0 Å². The molecule has 0 spiro atoms. The van der Waals surface area contributed by atoms with E-state index in [1.54, 1.807) is 0 Å². The molecule has 0 radical (unpaired) electrons. The van der Waals surface area contributed by atoms with Crippen LogP contribution < -0.4 is 0 Å². The van der Waals surface area contributed by atoms with Crippen molar-refractivity contribution in [1.82, 2.24) is 0 Å². The standard InChI is InChI=1S/C27H52/c1-5-8-10-12-14-15-17-18-20-22-26(4)24-25-27(7-3)23-21-19-16-13-11-9-6-2/h26-27H,5-14,16,18-25H2,1-4H3. The Morgan fingerprint density at radius 1 is 0.519 bits per heavy atom. The Balaban J connectivity index is 3.56. The summed E-state index contributed by atoms with van der Waals surface area (Å²) in [5.74, 6) is 8.63. The number of hydrogen-bond donors (Lipinski definition) is 0. The molecule has 2 atom stereocenters. The van der Waals surface area contributed by atoms with Crippen molar-refractivity contribution in [2.24, 2.45) is 11.8 Å². The highest BCUT2D eigenvalue weighted by atomic mass is 14.1. The van der Waals surface area contributed by atoms with Gasteiger partial charge >= 0.3 is 0 Å². The molecule has 0 aliphatic rings. The first-order valence-corrected chi connectivity index (χ1v) is 12.7. The molecule has 0 heteroatoms. The fourth-order valence-electron chi connectivity index (χ4n) is 3.96. The average Bonchev–Trinajstić information content (AvgIpc) is 2.68. The van der Waals surface area contributed by atoms with Crippen molar-refractivity contribution in [2.75, 3.05) is 0 Å². The minimum atomic E-state index is 0.888. The largest absolute Gasteiger partial charge is 0.103 e. The van der Waals surface area contributed by atoms with Crippen LogP contribution in [0, 0.1) is 23.7 Å². The van der Waals surface area contributed by atoms with Gasteiger partial charge in [-0.05, 0) is 31.1 Å². The molecule has 0 saturated carbocycles. The highest BCUT2D eigenvalue weighted by Crippen LogP contribution is 2.24. The summed E-state index contributed by atoms with van der Waals surface area (Å²) >= 11 is 0. The molecule has 0 aliphatic carbocycles. The molecule has 0 amide bonds. The molecule has 2 unspecified atom stereocenters. The maximum Gasteiger partial charge on any atom is 0.00887 e. The van der Waals surface area contributed by atoms with E-state index in [0.717, 1.165) is 24.7 Å². The van der Waals surface area contributed by atoms with Gasteiger partial charge in [0.2, 0.25) is 0 Å². The second-order valence-electron chi connectivity index (χ2n) is 8.92. The normalized spacial score (nSPS) is 13.2. The average molecular weight is 377 g/mol. The Kier molecular flexibility index (Phi) is 21.5. The van der Waals surface area contributed by atoms with Crippen LogP contribution in [0.25, 0.3) is 0 Å². The molecule has 0 heterocycles. The first-order valence-electron chi connectivity index (χ1n) is 12.7. The molecule has 0 aliphatic heterocycles. The van der Waals surface area contributed by atoms with Crippen molar-refractivity contribution < 1.29 is 0 Å². The minimum absolute atomic E-state index is 0.888. The third-order valence-electron chi connectivity index (χ3n) is 6.14. The van der Waals surface area contributed by atoms with Gasteiger partial charge in [-0.15, -0.1) is 11.8 Å². The zero-order valence-electron chi connectivity index (χ0n) is 19.6. The van der Waals surface area contributed by atoms with E-state index in [1.165, 1.54) is 109 Å². The van der Waals surface area contributed by atoms with Crippen LogP contribution in [0.4, 0.5) is 0 Å². The summed E-state index contributed by atoms with van der Waals surface area (Å²) in [6.45, 7) is 9.42. The van der Waals surface area contributed by atoms with Gasteiger partial charge in [-0.25, -0.2) is 0 Å². The van der Waals surface area contributed by atoms with Crippen LogP contribution in [-0.4, -0.2) is 0 Å². The SMILES string of the molecule is CCCCCCC#CCCCC(C)CCC(CC)CCCCCCCCC. The first-order chi connectivity index (χ1) is 13.2. The summed E-state index contributed by atoms with van der Waals surface area (Å²) in [4.78, 5) is 0. The number of unbranched alkanes of at least 4 members (excludes halogenated alkanes) is 11. The Hall–Kier alpha value is -0.440. The lowest BCUT2D eigenvalue weighted by Gasteiger charge is -2.17. The van der Waals surface area contributed by atoms with Crippen molar-refractivity contribution in [3.63, 3.8) is 0 Å². The zero-order valence-corrected chi connectivity index (χ0v) is 19.6. The summed E-state index contributed by atoms with van der Waals surface area (Å²) in [7, 11) is 0. The van der Waals surface area contributed by atoms with E-state index in [2.05, 4.69) is 39.5 Å². The van der Waals surface area contributed by atoms with E-state index in [9.17, 15) is 0 Å². The molecule has 0 aromatic heterocycles. The molecule has 0 saturated heterocycles. The van der Waals surface area contributed by atoms with Gasteiger partial charge in [0.15, 0.2) is 0 Å². The van der Waals surface area contributed by atoms with E-state index in [1.807, 2.05) is 0 Å². The lowest BCUT2D eigenvalue weighted by Crippen LogP contribution is -2.03. The highest BCUT2D eigenvalue weighted by molar-refractivity contribution is 4.98. The van der Waals surface area contributed by atoms with Crippen LogP contribution >= 0.6 is 0 Å². The predicted molar refractivity (Wildman–Crippen MR) is 125 cm³/mol. The Morgan fingerprint density at radius 2 is 1.07 bits per heavy atom. The van der Waals surface area contributed by atoms with Crippen molar-refractivity contribution in [3.8, 4) is 11.8 Å². The van der Waals surface area contributed by atoms with Gasteiger partial charge in [0, 0.05) is 12.8 Å². The molecular formula is C27H52. The van der Waals surface area contributed by atoms with Crippen LogP contribution in [0.15, 0.2) is 0 Å². The van der Waals surface area contributed by atoms with E-state index in [-0.39, 0.29) is 0 Å². The Morgan fingerprint density at radius 3 is 1.70 bits per heavy atom. The van der Waals surface area contributed by atoms with Gasteiger partial charge in [-0.1, -0.05) is 118 Å². The first kappa shape index (κ1) is 26.6. The number of rotatable bonds is 19. The van der Waals surface area contributed by atoms with E-state index >= 15 is 0 Å². The minimum Gasteiger partial charge on any atom is -0.103 e. The summed E-state index contributed by atoms with van der Waals surface area (Å²) in [6, 6.07) is 0. The second-order valence-corrected chi connectivity index (χ2v) is 8.92. The Labute approximate surface area is 173 Å². The van der Waals surface area contributed by atoms with Gasteiger partial charge in [-0.3, -0.25) is 0 Å². The van der Waals surface area contributed by atoms with Gasteiger partial charge < -0.3 is 0 Å². The van der Waals surface area contributed by atoms with Crippen LogP contribution in [0.1, 0.15) is 150 Å². The maximum atomic E-state index is 3.40. The molecule has 27 heavy (non-hydrogen) atoms. The molecule has 0 bridgehead atoms. The van der Waals surface area contributed by atoms with E-state index < -0.39 is 0 Å².